The van der Waals surface area contributed by atoms with Crippen LogP contribution in [0, 0.1) is 6.92 Å². The lowest BCUT2D eigenvalue weighted by Gasteiger charge is -2.12. The molecule has 21 heavy (non-hydrogen) atoms. The van der Waals surface area contributed by atoms with Crippen LogP contribution in [0.5, 0.6) is 0 Å². The van der Waals surface area contributed by atoms with E-state index in [2.05, 4.69) is 27.5 Å². The minimum atomic E-state index is 0.769. The normalized spacial score (nSPS) is 10.4. The molecule has 0 saturated heterocycles. The fraction of sp³-hybridized carbons (Fsp3) is 0.375. The molecule has 4 nitrogen and oxygen atoms in total. The van der Waals surface area contributed by atoms with Crippen molar-refractivity contribution in [3.63, 3.8) is 0 Å². The number of nitrogens with zero attached hydrogens (tertiary/aromatic N) is 2. The maximum Gasteiger partial charge on any atom is 0.134 e. The summed E-state index contributed by atoms with van der Waals surface area (Å²) in [5, 5.41) is 7.45. The molecule has 1 heterocycles. The number of hydrogen-bond acceptors (Lipinski definition) is 4. The highest BCUT2D eigenvalue weighted by atomic mass is 35.5. The number of hydrogen-bond donors (Lipinski definition) is 2. The molecular formula is C16H21ClN4. The number of halogens is 1. The maximum atomic E-state index is 5.88. The standard InChI is InChI=1S/C16H21ClN4/c1-3-9-18-15-12(2)16(21-11-20-15)19-10-8-13-4-6-14(17)7-5-13/h4-7,11H,3,8-10H2,1-2H3,(H2,18,19,20,21). The van der Waals surface area contributed by atoms with Gasteiger partial charge >= 0.3 is 0 Å². The molecule has 0 spiro atoms. The van der Waals surface area contributed by atoms with Gasteiger partial charge in [0, 0.05) is 23.7 Å². The third-order valence-electron chi connectivity index (χ3n) is 3.25. The molecule has 112 valence electrons. The van der Waals surface area contributed by atoms with Gasteiger partial charge in [-0.2, -0.15) is 0 Å². The van der Waals surface area contributed by atoms with Crippen LogP contribution in [0.4, 0.5) is 11.6 Å². The Labute approximate surface area is 131 Å². The monoisotopic (exact) mass is 304 g/mol. The van der Waals surface area contributed by atoms with Crippen molar-refractivity contribution in [2.75, 3.05) is 23.7 Å². The van der Waals surface area contributed by atoms with E-state index < -0.39 is 0 Å². The van der Waals surface area contributed by atoms with Crippen molar-refractivity contribution < 1.29 is 0 Å². The van der Waals surface area contributed by atoms with Gasteiger partial charge in [0.2, 0.25) is 0 Å². The summed E-state index contributed by atoms with van der Waals surface area (Å²) in [6.45, 7) is 5.91. The number of anilines is 2. The number of nitrogens with one attached hydrogen (secondary N) is 2. The molecule has 1 aromatic carbocycles. The molecule has 0 saturated carbocycles. The average Bonchev–Trinajstić information content (AvgIpc) is 2.50. The van der Waals surface area contributed by atoms with E-state index in [0.29, 0.717) is 0 Å². The first-order valence-electron chi connectivity index (χ1n) is 7.24. The number of aromatic nitrogens is 2. The zero-order valence-electron chi connectivity index (χ0n) is 12.5. The van der Waals surface area contributed by atoms with Crippen molar-refractivity contribution >= 4 is 23.2 Å². The van der Waals surface area contributed by atoms with Gasteiger partial charge < -0.3 is 10.6 Å². The van der Waals surface area contributed by atoms with Gasteiger partial charge in [0.1, 0.15) is 18.0 Å². The summed E-state index contributed by atoms with van der Waals surface area (Å²) >= 11 is 5.88. The van der Waals surface area contributed by atoms with E-state index in [1.165, 1.54) is 5.56 Å². The Bertz CT molecular complexity index is 569. The largest absolute Gasteiger partial charge is 0.370 e. The lowest BCUT2D eigenvalue weighted by Crippen LogP contribution is -2.11. The van der Waals surface area contributed by atoms with Crippen molar-refractivity contribution in [1.82, 2.24) is 9.97 Å². The van der Waals surface area contributed by atoms with E-state index in [9.17, 15) is 0 Å². The lowest BCUT2D eigenvalue weighted by molar-refractivity contribution is 0.952. The van der Waals surface area contributed by atoms with Crippen molar-refractivity contribution in [2.24, 2.45) is 0 Å². The smallest absolute Gasteiger partial charge is 0.134 e. The molecule has 5 heteroatoms. The van der Waals surface area contributed by atoms with Gasteiger partial charge in [0.05, 0.1) is 0 Å². The molecule has 2 N–H and O–H groups in total. The van der Waals surface area contributed by atoms with Crippen LogP contribution in [-0.2, 0) is 6.42 Å². The summed E-state index contributed by atoms with van der Waals surface area (Å²) in [7, 11) is 0. The quantitative estimate of drug-likeness (QED) is 0.814. The fourth-order valence-corrected chi connectivity index (χ4v) is 2.15. The Morgan fingerprint density at radius 1 is 1.00 bits per heavy atom. The topological polar surface area (TPSA) is 49.8 Å². The van der Waals surface area contributed by atoms with E-state index >= 15 is 0 Å². The Kier molecular flexibility index (Phi) is 5.81. The molecule has 0 fully saturated rings. The van der Waals surface area contributed by atoms with Gasteiger partial charge in [-0.25, -0.2) is 9.97 Å². The minimum Gasteiger partial charge on any atom is -0.370 e. The van der Waals surface area contributed by atoms with Gasteiger partial charge in [-0.1, -0.05) is 30.7 Å². The summed E-state index contributed by atoms with van der Waals surface area (Å²) in [6, 6.07) is 7.93. The van der Waals surface area contributed by atoms with Gasteiger partial charge in [0.15, 0.2) is 0 Å². The van der Waals surface area contributed by atoms with E-state index in [4.69, 9.17) is 11.6 Å². The predicted octanol–water partition coefficient (Wildman–Crippen LogP) is 3.91. The van der Waals surface area contributed by atoms with Crippen LogP contribution in [0.2, 0.25) is 5.02 Å². The van der Waals surface area contributed by atoms with Gasteiger partial charge in [-0.15, -0.1) is 0 Å². The summed E-state index contributed by atoms with van der Waals surface area (Å²) in [6.07, 6.45) is 3.59. The van der Waals surface area contributed by atoms with Crippen molar-refractivity contribution in [2.45, 2.75) is 26.7 Å². The van der Waals surface area contributed by atoms with Gasteiger partial charge in [-0.05, 0) is 37.5 Å². The van der Waals surface area contributed by atoms with Crippen molar-refractivity contribution in [3.8, 4) is 0 Å². The van der Waals surface area contributed by atoms with Crippen LogP contribution in [-0.4, -0.2) is 23.1 Å². The van der Waals surface area contributed by atoms with Crippen LogP contribution in [0.25, 0.3) is 0 Å². The molecular weight excluding hydrogens is 284 g/mol. The molecule has 0 aliphatic heterocycles. The van der Waals surface area contributed by atoms with E-state index in [1.807, 2.05) is 31.2 Å². The minimum absolute atomic E-state index is 0.769. The molecule has 0 radical (unpaired) electrons. The summed E-state index contributed by atoms with van der Waals surface area (Å²) in [5.41, 5.74) is 2.31. The SMILES string of the molecule is CCCNc1ncnc(NCCc2ccc(Cl)cc2)c1C. The molecule has 1 aromatic heterocycles. The highest BCUT2D eigenvalue weighted by Gasteiger charge is 2.05. The van der Waals surface area contributed by atoms with Crippen LogP contribution in [0.1, 0.15) is 24.5 Å². The van der Waals surface area contributed by atoms with Crippen molar-refractivity contribution in [3.05, 3.63) is 46.7 Å². The molecule has 2 rings (SSSR count). The maximum absolute atomic E-state index is 5.88. The number of rotatable bonds is 7. The second-order valence-electron chi connectivity index (χ2n) is 4.93. The van der Waals surface area contributed by atoms with E-state index in [0.717, 1.165) is 48.2 Å². The highest BCUT2D eigenvalue weighted by Crippen LogP contribution is 2.18. The molecule has 0 atom stereocenters. The van der Waals surface area contributed by atoms with E-state index in [1.54, 1.807) is 6.33 Å². The predicted molar refractivity (Wildman–Crippen MR) is 89.2 cm³/mol. The van der Waals surface area contributed by atoms with Crippen LogP contribution >= 0.6 is 11.6 Å². The van der Waals surface area contributed by atoms with Crippen LogP contribution in [0.3, 0.4) is 0 Å². The first-order valence-corrected chi connectivity index (χ1v) is 7.62. The Morgan fingerprint density at radius 3 is 2.24 bits per heavy atom. The highest BCUT2D eigenvalue weighted by molar-refractivity contribution is 6.30. The summed E-state index contributed by atoms with van der Waals surface area (Å²) in [5.74, 6) is 1.79. The average molecular weight is 305 g/mol. The third-order valence-corrected chi connectivity index (χ3v) is 3.50. The van der Waals surface area contributed by atoms with Crippen LogP contribution < -0.4 is 10.6 Å². The number of benzene rings is 1. The van der Waals surface area contributed by atoms with Gasteiger partial charge in [-0.3, -0.25) is 0 Å². The zero-order chi connectivity index (χ0) is 15.1. The second kappa shape index (κ2) is 7.84. The first-order chi connectivity index (χ1) is 10.2. The summed E-state index contributed by atoms with van der Waals surface area (Å²) < 4.78 is 0. The Hall–Kier alpha value is -1.81. The Morgan fingerprint density at radius 2 is 1.62 bits per heavy atom. The zero-order valence-corrected chi connectivity index (χ0v) is 13.2. The third kappa shape index (κ3) is 4.60. The second-order valence-corrected chi connectivity index (χ2v) is 5.36. The Balaban J connectivity index is 1.92. The lowest BCUT2D eigenvalue weighted by atomic mass is 10.1. The fourth-order valence-electron chi connectivity index (χ4n) is 2.03. The molecule has 0 bridgehead atoms. The summed E-state index contributed by atoms with van der Waals surface area (Å²) in [4.78, 5) is 8.58. The van der Waals surface area contributed by atoms with E-state index in [-0.39, 0.29) is 0 Å². The molecule has 0 aliphatic carbocycles. The molecule has 0 aliphatic rings. The molecule has 0 amide bonds. The van der Waals surface area contributed by atoms with Gasteiger partial charge in [0.25, 0.3) is 0 Å². The first kappa shape index (κ1) is 15.6. The molecule has 2 aromatic rings. The van der Waals surface area contributed by atoms with Crippen LogP contribution in [0.15, 0.2) is 30.6 Å². The van der Waals surface area contributed by atoms with Crippen molar-refractivity contribution in [1.29, 1.82) is 0 Å². The molecule has 0 unspecified atom stereocenters.